The Morgan fingerprint density at radius 2 is 1.74 bits per heavy atom. The van der Waals surface area contributed by atoms with E-state index in [-0.39, 0.29) is 42.9 Å². The van der Waals surface area contributed by atoms with Crippen molar-refractivity contribution in [1.82, 2.24) is 23.7 Å². The van der Waals surface area contributed by atoms with Crippen LogP contribution in [0.1, 0.15) is 69.0 Å². The van der Waals surface area contributed by atoms with Gasteiger partial charge in [-0.05, 0) is 72.6 Å². The van der Waals surface area contributed by atoms with Gasteiger partial charge in [0, 0.05) is 38.2 Å². The van der Waals surface area contributed by atoms with Crippen molar-refractivity contribution in [2.45, 2.75) is 70.5 Å². The van der Waals surface area contributed by atoms with Gasteiger partial charge in [-0.2, -0.15) is 4.31 Å². The Morgan fingerprint density at radius 3 is 2.40 bits per heavy atom. The summed E-state index contributed by atoms with van der Waals surface area (Å²) < 4.78 is 31.9. The minimum absolute atomic E-state index is 0.0134. The molecule has 2 heterocycles. The Morgan fingerprint density at radius 1 is 1.02 bits per heavy atom. The molecular weight excluding hydrogens is 699 g/mol. The SMILES string of the molecule is CC[C@H](C)[C@H](C(=O)NCC(O)CN(CC(C)CCc1ccccc1)S(=O)(=O)c1ccc(C=NO)cc1)n1ccn(Cc2ccnc(/C(C)=N/O)c2)c1=O. The van der Waals surface area contributed by atoms with E-state index < -0.39 is 33.8 Å². The van der Waals surface area contributed by atoms with Crippen molar-refractivity contribution in [3.8, 4) is 0 Å². The first-order valence-corrected chi connectivity index (χ1v) is 19.0. The first-order chi connectivity index (χ1) is 25.4. The van der Waals surface area contributed by atoms with Gasteiger partial charge < -0.3 is 20.8 Å². The molecule has 2 aromatic heterocycles. The number of aliphatic hydroxyl groups excluding tert-OH is 1. The van der Waals surface area contributed by atoms with Crippen molar-refractivity contribution in [3.63, 3.8) is 0 Å². The van der Waals surface area contributed by atoms with Crippen LogP contribution in [0.25, 0.3) is 0 Å². The van der Waals surface area contributed by atoms with Gasteiger partial charge in [-0.25, -0.2) is 13.2 Å². The number of aliphatic hydroxyl groups is 1. The first kappa shape index (κ1) is 40.6. The Labute approximate surface area is 310 Å². The summed E-state index contributed by atoms with van der Waals surface area (Å²) in [6.45, 7) is 7.14. The van der Waals surface area contributed by atoms with Crippen LogP contribution in [0.3, 0.4) is 0 Å². The maximum absolute atomic E-state index is 13.9. The topological polar surface area (TPSA) is 192 Å². The van der Waals surface area contributed by atoms with Crippen molar-refractivity contribution in [2.24, 2.45) is 22.1 Å². The highest BCUT2D eigenvalue weighted by Crippen LogP contribution is 2.22. The monoisotopic (exact) mass is 747 g/mol. The number of sulfonamides is 1. The van der Waals surface area contributed by atoms with E-state index in [0.717, 1.165) is 17.5 Å². The molecule has 53 heavy (non-hydrogen) atoms. The molecule has 0 fully saturated rings. The second-order valence-electron chi connectivity index (χ2n) is 13.3. The fraction of sp³-hybridized carbons (Fsp3) is 0.395. The number of rotatable bonds is 19. The number of aromatic nitrogens is 3. The summed E-state index contributed by atoms with van der Waals surface area (Å²) in [5.74, 6) is -0.798. The van der Waals surface area contributed by atoms with Gasteiger partial charge in [0.05, 0.1) is 29.5 Å². The molecule has 0 radical (unpaired) electrons. The number of imidazole rings is 1. The number of nitrogens with zero attached hydrogens (tertiary/aromatic N) is 6. The molecule has 0 aliphatic heterocycles. The summed E-state index contributed by atoms with van der Waals surface area (Å²) in [5.41, 5.74) is 2.78. The standard InChI is InChI=1S/C38H49N7O7S/c1-5-28(3)36(45-20-19-43(38(45)48)25-32-17-18-39-35(21-32)29(4)42-50)37(47)40-23-33(46)26-44(24-27(2)11-12-30-9-7-6-8-10-30)53(51,52)34-15-13-31(14-16-34)22-41-49/h6-10,13-22,27-28,33,36,46,49-50H,5,11-12,23-26H2,1-4H3,(H,40,47)/b41-22?,42-29+/t27?,28-,33?,36+/m0/s1. The molecule has 0 bridgehead atoms. The number of amides is 1. The number of hydrogen-bond acceptors (Lipinski definition) is 10. The molecule has 284 valence electrons. The number of nitrogens with one attached hydrogen (secondary N) is 1. The van der Waals surface area contributed by atoms with Crippen LogP contribution < -0.4 is 11.0 Å². The maximum Gasteiger partial charge on any atom is 0.329 e. The minimum atomic E-state index is -4.08. The third-order valence-corrected chi connectivity index (χ3v) is 11.1. The van der Waals surface area contributed by atoms with E-state index >= 15 is 0 Å². The summed E-state index contributed by atoms with van der Waals surface area (Å²) in [4.78, 5) is 31.5. The van der Waals surface area contributed by atoms with Crippen LogP contribution in [0.5, 0.6) is 0 Å². The number of carbonyl (C=O) groups is 1. The fourth-order valence-electron chi connectivity index (χ4n) is 5.99. The Hall–Kier alpha value is -5.12. The fourth-order valence-corrected chi connectivity index (χ4v) is 7.59. The second kappa shape index (κ2) is 19.1. The Bertz CT molecular complexity index is 2010. The lowest BCUT2D eigenvalue weighted by Gasteiger charge is -2.28. The van der Waals surface area contributed by atoms with Gasteiger partial charge in [0.1, 0.15) is 11.8 Å². The molecule has 4 N–H and O–H groups in total. The molecule has 4 rings (SSSR count). The first-order valence-electron chi connectivity index (χ1n) is 17.6. The number of hydrogen-bond donors (Lipinski definition) is 4. The quantitative estimate of drug-likeness (QED) is 0.0626. The van der Waals surface area contributed by atoms with E-state index in [2.05, 4.69) is 20.6 Å². The number of pyridine rings is 1. The number of benzene rings is 2. The van der Waals surface area contributed by atoms with Crippen LogP contribution in [-0.4, -0.2) is 85.9 Å². The highest BCUT2D eigenvalue weighted by Gasteiger charge is 2.31. The molecule has 2 unspecified atom stereocenters. The molecule has 0 aliphatic rings. The summed E-state index contributed by atoms with van der Waals surface area (Å²) >= 11 is 0. The lowest BCUT2D eigenvalue weighted by molar-refractivity contribution is -0.126. The van der Waals surface area contributed by atoms with Crippen LogP contribution in [0, 0.1) is 11.8 Å². The second-order valence-corrected chi connectivity index (χ2v) is 15.3. The van der Waals surface area contributed by atoms with Crippen LogP contribution in [0.2, 0.25) is 0 Å². The van der Waals surface area contributed by atoms with Crippen molar-refractivity contribution >= 4 is 27.9 Å². The van der Waals surface area contributed by atoms with Gasteiger partial charge in [0.15, 0.2) is 0 Å². The van der Waals surface area contributed by atoms with Crippen molar-refractivity contribution in [1.29, 1.82) is 0 Å². The predicted octanol–water partition coefficient (Wildman–Crippen LogP) is 4.12. The van der Waals surface area contributed by atoms with Crippen LogP contribution in [-0.2, 0) is 27.8 Å². The zero-order valence-electron chi connectivity index (χ0n) is 30.5. The predicted molar refractivity (Wildman–Crippen MR) is 202 cm³/mol. The molecule has 0 spiro atoms. The third kappa shape index (κ3) is 10.9. The highest BCUT2D eigenvalue weighted by molar-refractivity contribution is 7.89. The van der Waals surface area contributed by atoms with Crippen LogP contribution in [0.15, 0.2) is 105 Å². The van der Waals surface area contributed by atoms with E-state index in [0.29, 0.717) is 29.8 Å². The van der Waals surface area contributed by atoms with Gasteiger partial charge in [0.25, 0.3) is 0 Å². The average Bonchev–Trinajstić information content (AvgIpc) is 3.51. The number of carbonyl (C=O) groups excluding carboxylic acids is 1. The van der Waals surface area contributed by atoms with E-state index in [1.807, 2.05) is 51.1 Å². The van der Waals surface area contributed by atoms with Crippen LogP contribution in [0.4, 0.5) is 0 Å². The summed E-state index contributed by atoms with van der Waals surface area (Å²) in [6.07, 6.45) is 6.68. The molecule has 4 aromatic rings. The summed E-state index contributed by atoms with van der Waals surface area (Å²) in [5, 5.41) is 38.1. The normalized spacial score (nSPS) is 14.6. The van der Waals surface area contributed by atoms with Gasteiger partial charge >= 0.3 is 5.69 Å². The Balaban J connectivity index is 1.49. The molecule has 0 aliphatic carbocycles. The highest BCUT2D eigenvalue weighted by atomic mass is 32.2. The van der Waals surface area contributed by atoms with E-state index in [1.54, 1.807) is 37.6 Å². The largest absolute Gasteiger partial charge is 0.411 e. The molecular formula is C38H49N7O7S. The van der Waals surface area contributed by atoms with Gasteiger partial charge in [-0.3, -0.25) is 18.9 Å². The smallest absolute Gasteiger partial charge is 0.329 e. The minimum Gasteiger partial charge on any atom is -0.411 e. The molecule has 0 saturated heterocycles. The molecule has 14 nitrogen and oxygen atoms in total. The van der Waals surface area contributed by atoms with Crippen LogP contribution >= 0.6 is 0 Å². The van der Waals surface area contributed by atoms with Crippen molar-refractivity contribution < 1.29 is 28.7 Å². The maximum atomic E-state index is 13.9. The third-order valence-electron chi connectivity index (χ3n) is 9.26. The average molecular weight is 748 g/mol. The number of aryl methyl sites for hydroxylation is 1. The van der Waals surface area contributed by atoms with Gasteiger partial charge in [-0.1, -0.05) is 80.0 Å². The molecule has 15 heteroatoms. The van der Waals surface area contributed by atoms with E-state index in [9.17, 15) is 23.1 Å². The molecule has 0 saturated carbocycles. The summed E-state index contributed by atoms with van der Waals surface area (Å²) in [6, 6.07) is 18.3. The zero-order valence-corrected chi connectivity index (χ0v) is 31.3. The molecule has 4 atom stereocenters. The lowest BCUT2D eigenvalue weighted by Crippen LogP contribution is -2.46. The van der Waals surface area contributed by atoms with Crippen molar-refractivity contribution in [2.75, 3.05) is 19.6 Å². The van der Waals surface area contributed by atoms with Gasteiger partial charge in [0.2, 0.25) is 15.9 Å². The molecule has 1 amide bonds. The Kier molecular flexibility index (Phi) is 14.6. The summed E-state index contributed by atoms with van der Waals surface area (Å²) in [7, 11) is -4.08. The molecule has 2 aromatic carbocycles. The van der Waals surface area contributed by atoms with Crippen molar-refractivity contribution in [3.05, 3.63) is 118 Å². The van der Waals surface area contributed by atoms with E-state index in [1.165, 1.54) is 43.9 Å². The zero-order chi connectivity index (χ0) is 38.5. The van der Waals surface area contributed by atoms with Gasteiger partial charge in [-0.15, -0.1) is 0 Å². The number of oxime groups is 2. The van der Waals surface area contributed by atoms with E-state index in [4.69, 9.17) is 10.4 Å². The lowest BCUT2D eigenvalue weighted by atomic mass is 9.98.